The molecule has 1 N–H and O–H groups in total. The Balaban J connectivity index is 1.71. The van der Waals surface area contributed by atoms with Crippen LogP contribution in [0.25, 0.3) is 0 Å². The van der Waals surface area contributed by atoms with Crippen molar-refractivity contribution >= 4 is 17.3 Å². The summed E-state index contributed by atoms with van der Waals surface area (Å²) in [4.78, 5) is 14.3. The third-order valence-corrected chi connectivity index (χ3v) is 5.72. The number of ether oxygens (including phenoxy) is 1. The minimum Gasteiger partial charge on any atom is -0.428 e. The van der Waals surface area contributed by atoms with Gasteiger partial charge in [-0.2, -0.15) is 43.9 Å². The lowest BCUT2D eigenvalue weighted by molar-refractivity contribution is -0.253. The van der Waals surface area contributed by atoms with Crippen molar-refractivity contribution in [1.29, 1.82) is 0 Å². The molecule has 1 amide bonds. The SMILES string of the molecule is O=C1C(Nc2ccc(C(F)(F)F)cc2)=CC(c2cccc(OC(F)(F)C(F)F)c2)N1c1ccc(C(F)(F)F)cc1. The van der Waals surface area contributed by atoms with E-state index in [1.807, 2.05) is 0 Å². The first-order chi connectivity index (χ1) is 18.6. The first-order valence-corrected chi connectivity index (χ1v) is 11.2. The number of amides is 1. The normalized spacial score (nSPS) is 16.4. The Labute approximate surface area is 219 Å². The molecule has 0 saturated heterocycles. The molecule has 1 aliphatic rings. The molecule has 0 fully saturated rings. The number of halogens is 10. The van der Waals surface area contributed by atoms with E-state index < -0.39 is 53.7 Å². The second-order valence-electron chi connectivity index (χ2n) is 8.48. The first kappa shape index (κ1) is 28.8. The highest BCUT2D eigenvalue weighted by Gasteiger charge is 2.44. The fourth-order valence-electron chi connectivity index (χ4n) is 3.85. The summed E-state index contributed by atoms with van der Waals surface area (Å²) in [5, 5.41) is 2.64. The van der Waals surface area contributed by atoms with Crippen molar-refractivity contribution in [2.45, 2.75) is 30.9 Å². The number of alkyl halides is 10. The zero-order valence-electron chi connectivity index (χ0n) is 19.7. The van der Waals surface area contributed by atoms with E-state index in [1.54, 1.807) is 0 Å². The highest BCUT2D eigenvalue weighted by atomic mass is 19.4. The number of carbonyl (C=O) groups is 1. The monoisotopic (exact) mass is 578 g/mol. The van der Waals surface area contributed by atoms with Crippen LogP contribution >= 0.6 is 0 Å². The fourth-order valence-corrected chi connectivity index (χ4v) is 3.85. The lowest BCUT2D eigenvalue weighted by Crippen LogP contribution is -2.33. The second-order valence-corrected chi connectivity index (χ2v) is 8.48. The summed E-state index contributed by atoms with van der Waals surface area (Å²) in [7, 11) is 0. The van der Waals surface area contributed by atoms with E-state index in [4.69, 9.17) is 0 Å². The average Bonchev–Trinajstić information content (AvgIpc) is 3.19. The van der Waals surface area contributed by atoms with E-state index in [2.05, 4.69) is 10.1 Å². The molecule has 4 rings (SSSR count). The Kier molecular flexibility index (Phi) is 7.47. The van der Waals surface area contributed by atoms with Gasteiger partial charge in [0.1, 0.15) is 11.4 Å². The zero-order chi connectivity index (χ0) is 29.5. The number of nitrogens with zero attached hydrogens (tertiary/aromatic N) is 1. The molecule has 0 aliphatic carbocycles. The van der Waals surface area contributed by atoms with Gasteiger partial charge in [-0.1, -0.05) is 12.1 Å². The molecule has 0 radical (unpaired) electrons. The Bertz CT molecular complexity index is 1400. The number of rotatable bonds is 7. The van der Waals surface area contributed by atoms with Crippen LogP contribution in [0.5, 0.6) is 5.75 Å². The van der Waals surface area contributed by atoms with E-state index in [1.165, 1.54) is 18.2 Å². The Morgan fingerprint density at radius 2 is 1.32 bits per heavy atom. The molecule has 1 atom stereocenters. The third kappa shape index (κ3) is 6.15. The van der Waals surface area contributed by atoms with E-state index in [9.17, 15) is 48.7 Å². The molecule has 1 heterocycles. The van der Waals surface area contributed by atoms with Crippen LogP contribution in [0.15, 0.2) is 84.6 Å². The third-order valence-electron chi connectivity index (χ3n) is 5.72. The van der Waals surface area contributed by atoms with Crippen LogP contribution in [0.3, 0.4) is 0 Å². The number of anilines is 2. The van der Waals surface area contributed by atoms with Gasteiger partial charge in [-0.05, 0) is 72.3 Å². The van der Waals surface area contributed by atoms with Gasteiger partial charge >= 0.3 is 24.9 Å². The lowest BCUT2D eigenvalue weighted by Gasteiger charge is -2.26. The molecule has 40 heavy (non-hydrogen) atoms. The van der Waals surface area contributed by atoms with Crippen LogP contribution in [0.2, 0.25) is 0 Å². The first-order valence-electron chi connectivity index (χ1n) is 11.2. The molecule has 3 aromatic rings. The van der Waals surface area contributed by atoms with Crippen molar-refractivity contribution in [3.8, 4) is 5.75 Å². The molecule has 0 bridgehead atoms. The summed E-state index contributed by atoms with van der Waals surface area (Å²) in [5.74, 6) is -1.51. The van der Waals surface area contributed by atoms with Crippen LogP contribution < -0.4 is 15.0 Å². The van der Waals surface area contributed by atoms with Crippen LogP contribution in [0, 0.1) is 0 Å². The standard InChI is InChI=1S/C26H16F10N2O2/c27-23(28)26(35,36)40-19-3-1-2-14(12-19)21-13-20(37-17-8-4-15(5-9-17)24(29,30)31)22(39)38(21)18-10-6-16(7-11-18)25(32,33)34/h1-13,21,23,37H. The van der Waals surface area contributed by atoms with Gasteiger partial charge in [0.2, 0.25) is 0 Å². The summed E-state index contributed by atoms with van der Waals surface area (Å²) in [6.07, 6.45) is -17.0. The van der Waals surface area contributed by atoms with Gasteiger partial charge < -0.3 is 10.1 Å². The molecule has 1 unspecified atom stereocenters. The van der Waals surface area contributed by atoms with Crippen molar-refractivity contribution in [2.24, 2.45) is 0 Å². The van der Waals surface area contributed by atoms with Gasteiger partial charge in [0.25, 0.3) is 5.91 Å². The summed E-state index contributed by atoms with van der Waals surface area (Å²) in [5.41, 5.74) is -2.09. The highest BCUT2D eigenvalue weighted by Crippen LogP contribution is 2.39. The number of carbonyl (C=O) groups excluding carboxylic acids is 1. The average molecular weight is 578 g/mol. The quantitative estimate of drug-likeness (QED) is 0.289. The molecular weight excluding hydrogens is 562 g/mol. The topological polar surface area (TPSA) is 41.6 Å². The lowest BCUT2D eigenvalue weighted by atomic mass is 10.1. The van der Waals surface area contributed by atoms with Crippen molar-refractivity contribution in [2.75, 3.05) is 10.2 Å². The van der Waals surface area contributed by atoms with Crippen molar-refractivity contribution in [3.05, 3.63) is 101 Å². The maximum absolute atomic E-state index is 13.5. The molecule has 0 spiro atoms. The number of hydrogen-bond donors (Lipinski definition) is 1. The predicted octanol–water partition coefficient (Wildman–Crippen LogP) is 8.04. The number of nitrogens with one attached hydrogen (secondary N) is 1. The second kappa shape index (κ2) is 10.4. The van der Waals surface area contributed by atoms with Crippen molar-refractivity contribution < 1.29 is 53.4 Å². The molecular formula is C26H16F10N2O2. The largest absolute Gasteiger partial charge is 0.461 e. The van der Waals surface area contributed by atoms with Gasteiger partial charge in [-0.3, -0.25) is 9.69 Å². The maximum atomic E-state index is 13.5. The van der Waals surface area contributed by atoms with Crippen LogP contribution in [-0.4, -0.2) is 18.4 Å². The highest BCUT2D eigenvalue weighted by molar-refractivity contribution is 6.11. The Morgan fingerprint density at radius 3 is 1.85 bits per heavy atom. The molecule has 14 heteroatoms. The van der Waals surface area contributed by atoms with Crippen molar-refractivity contribution in [1.82, 2.24) is 0 Å². The van der Waals surface area contributed by atoms with Gasteiger partial charge in [0, 0.05) is 11.4 Å². The van der Waals surface area contributed by atoms with Gasteiger partial charge in [0.05, 0.1) is 17.2 Å². The van der Waals surface area contributed by atoms with E-state index in [0.29, 0.717) is 12.1 Å². The van der Waals surface area contributed by atoms with Crippen LogP contribution in [0.4, 0.5) is 55.3 Å². The molecule has 3 aromatic carbocycles. The molecule has 0 saturated carbocycles. The Morgan fingerprint density at radius 1 is 0.775 bits per heavy atom. The minimum atomic E-state index is -4.83. The van der Waals surface area contributed by atoms with Crippen molar-refractivity contribution in [3.63, 3.8) is 0 Å². The minimum absolute atomic E-state index is 0.0484. The van der Waals surface area contributed by atoms with Crippen LogP contribution in [0.1, 0.15) is 22.7 Å². The smallest absolute Gasteiger partial charge is 0.428 e. The predicted molar refractivity (Wildman–Crippen MR) is 123 cm³/mol. The molecule has 4 nitrogen and oxygen atoms in total. The van der Waals surface area contributed by atoms with E-state index in [-0.39, 0.29) is 22.6 Å². The zero-order valence-corrected chi connectivity index (χ0v) is 19.7. The number of benzene rings is 3. The summed E-state index contributed by atoms with van der Waals surface area (Å²) >= 11 is 0. The maximum Gasteiger partial charge on any atom is 0.461 e. The molecule has 1 aliphatic heterocycles. The van der Waals surface area contributed by atoms with Gasteiger partial charge in [-0.25, -0.2) is 0 Å². The molecule has 0 aromatic heterocycles. The van der Waals surface area contributed by atoms with Gasteiger partial charge in [-0.15, -0.1) is 0 Å². The fraction of sp³-hybridized carbons (Fsp3) is 0.192. The number of hydrogen-bond acceptors (Lipinski definition) is 3. The summed E-state index contributed by atoms with van der Waals surface area (Å²) < 4.78 is 134. The van der Waals surface area contributed by atoms with E-state index in [0.717, 1.165) is 53.4 Å². The van der Waals surface area contributed by atoms with E-state index >= 15 is 0 Å². The molecule has 212 valence electrons. The van der Waals surface area contributed by atoms with Gasteiger partial charge in [0.15, 0.2) is 0 Å². The summed E-state index contributed by atoms with van der Waals surface area (Å²) in [6, 6.07) is 10.3. The Hall–Kier alpha value is -4.23. The summed E-state index contributed by atoms with van der Waals surface area (Å²) in [6.45, 7) is 0. The van der Waals surface area contributed by atoms with Crippen LogP contribution in [-0.2, 0) is 17.1 Å².